The van der Waals surface area contributed by atoms with E-state index < -0.39 is 11.7 Å². The number of hydrogen-bond donors (Lipinski definition) is 0. The Balaban J connectivity index is 0.000000144. The zero-order chi connectivity index (χ0) is 50.4. The SMILES string of the molecule is CC(C)c1ccc2nc(CBr)ccc2c1.Cc1cc(CCl)nc2ccccc12.Cc1ccc2nc(CCl)ccc2c1.Cc1cccc2ccc(CCl)nc12.FC(F)(F)c1ccc2nc(CBr)ccc2c1. The molecule has 360 valence electrons. The van der Waals surface area contributed by atoms with Gasteiger partial charge in [0.15, 0.2) is 0 Å². The van der Waals surface area contributed by atoms with E-state index in [9.17, 15) is 13.2 Å². The molecule has 5 heterocycles. The van der Waals surface area contributed by atoms with Crippen molar-refractivity contribution in [2.75, 3.05) is 0 Å². The van der Waals surface area contributed by atoms with E-state index in [2.05, 4.69) is 164 Å². The highest BCUT2D eigenvalue weighted by Gasteiger charge is 2.30. The molecule has 5 aromatic carbocycles. The summed E-state index contributed by atoms with van der Waals surface area (Å²) in [5.41, 5.74) is 13.9. The first kappa shape index (κ1) is 54.1. The van der Waals surface area contributed by atoms with E-state index in [0.717, 1.165) is 68.0 Å². The Morgan fingerprint density at radius 1 is 0.457 bits per heavy atom. The molecule has 0 N–H and O–H groups in total. The van der Waals surface area contributed by atoms with Crippen molar-refractivity contribution in [3.8, 4) is 0 Å². The van der Waals surface area contributed by atoms with Gasteiger partial charge in [-0.15, -0.1) is 34.8 Å². The fourth-order valence-corrected chi connectivity index (χ4v) is 8.36. The van der Waals surface area contributed by atoms with Crippen LogP contribution in [0.15, 0.2) is 152 Å². The van der Waals surface area contributed by atoms with Crippen LogP contribution in [0.3, 0.4) is 0 Å². The minimum atomic E-state index is -4.30. The van der Waals surface area contributed by atoms with Crippen molar-refractivity contribution in [3.05, 3.63) is 208 Å². The van der Waals surface area contributed by atoms with Crippen molar-refractivity contribution in [3.63, 3.8) is 0 Å². The van der Waals surface area contributed by atoms with Crippen molar-refractivity contribution in [2.45, 2.75) is 75.0 Å². The number of aryl methyl sites for hydroxylation is 3. The second-order valence-corrected chi connectivity index (χ2v) is 18.6. The van der Waals surface area contributed by atoms with E-state index in [0.29, 0.717) is 39.8 Å². The van der Waals surface area contributed by atoms with Crippen LogP contribution >= 0.6 is 66.7 Å². The summed E-state index contributed by atoms with van der Waals surface area (Å²) in [5.74, 6) is 2.00. The lowest BCUT2D eigenvalue weighted by atomic mass is 10.0. The average Bonchev–Trinajstić information content (AvgIpc) is 3.38. The highest BCUT2D eigenvalue weighted by molar-refractivity contribution is 9.08. The Labute approximate surface area is 439 Å². The quantitative estimate of drug-likeness (QED) is 0.155. The Morgan fingerprint density at radius 2 is 0.971 bits per heavy atom. The summed E-state index contributed by atoms with van der Waals surface area (Å²) in [6.45, 7) is 10.6. The average molecular weight is 1130 g/mol. The van der Waals surface area contributed by atoms with E-state index in [1.165, 1.54) is 49.9 Å². The van der Waals surface area contributed by atoms with Crippen molar-refractivity contribution >= 4 is 121 Å². The Morgan fingerprint density at radius 3 is 1.57 bits per heavy atom. The second kappa shape index (κ2) is 25.8. The molecule has 10 rings (SSSR count). The molecular weight excluding hydrogens is 1080 g/mol. The number of hydrogen-bond acceptors (Lipinski definition) is 5. The van der Waals surface area contributed by atoms with Crippen LogP contribution in [0.25, 0.3) is 54.5 Å². The first-order valence-electron chi connectivity index (χ1n) is 22.4. The summed E-state index contributed by atoms with van der Waals surface area (Å²) < 4.78 is 37.3. The normalized spacial score (nSPS) is 11.1. The molecule has 0 aliphatic rings. The number of aromatic nitrogens is 5. The van der Waals surface area contributed by atoms with Gasteiger partial charge in [-0.2, -0.15) is 13.2 Å². The fraction of sp³-hybridized carbons (Fsp3) is 0.211. The molecule has 10 aromatic rings. The zero-order valence-corrected chi connectivity index (χ0v) is 44.7. The van der Waals surface area contributed by atoms with Crippen molar-refractivity contribution in [1.29, 1.82) is 0 Å². The molecule has 0 unspecified atom stereocenters. The van der Waals surface area contributed by atoms with E-state index in [1.807, 2.05) is 48.5 Å². The summed E-state index contributed by atoms with van der Waals surface area (Å²) in [6.07, 6.45) is -4.30. The van der Waals surface area contributed by atoms with Gasteiger partial charge in [-0.3, -0.25) is 24.9 Å². The van der Waals surface area contributed by atoms with E-state index >= 15 is 0 Å². The summed E-state index contributed by atoms with van der Waals surface area (Å²) in [7, 11) is 0. The maximum absolute atomic E-state index is 12.4. The summed E-state index contributed by atoms with van der Waals surface area (Å²) in [4.78, 5) is 22.0. The summed E-state index contributed by atoms with van der Waals surface area (Å²) in [5, 5.41) is 6.68. The molecule has 70 heavy (non-hydrogen) atoms. The van der Waals surface area contributed by atoms with Gasteiger partial charge in [0.1, 0.15) is 0 Å². The molecule has 5 nitrogen and oxygen atoms in total. The molecule has 5 aromatic heterocycles. The first-order chi connectivity index (χ1) is 33.6. The van der Waals surface area contributed by atoms with Crippen molar-refractivity contribution < 1.29 is 13.2 Å². The number of nitrogens with zero attached hydrogens (tertiary/aromatic N) is 5. The minimum absolute atomic E-state index is 0.476. The molecule has 0 saturated carbocycles. The van der Waals surface area contributed by atoms with Gasteiger partial charge in [-0.25, -0.2) is 0 Å². The molecule has 0 aliphatic heterocycles. The Kier molecular flexibility index (Phi) is 19.9. The van der Waals surface area contributed by atoms with Crippen LogP contribution in [0.2, 0.25) is 0 Å². The second-order valence-electron chi connectivity index (χ2n) is 16.7. The topological polar surface area (TPSA) is 64.5 Å². The lowest BCUT2D eigenvalue weighted by molar-refractivity contribution is -0.137. The van der Waals surface area contributed by atoms with Gasteiger partial charge < -0.3 is 0 Å². The molecule has 0 amide bonds. The minimum Gasteiger partial charge on any atom is -0.252 e. The third-order valence-corrected chi connectivity index (χ3v) is 13.0. The van der Waals surface area contributed by atoms with Crippen LogP contribution in [0, 0.1) is 20.8 Å². The monoisotopic (exact) mass is 1130 g/mol. The molecule has 0 spiro atoms. The Bertz CT molecular complexity index is 3350. The van der Waals surface area contributed by atoms with Crippen LogP contribution in [-0.4, -0.2) is 24.9 Å². The number of para-hydroxylation sites is 2. The molecule has 0 atom stereocenters. The van der Waals surface area contributed by atoms with Gasteiger partial charge in [0.25, 0.3) is 0 Å². The lowest BCUT2D eigenvalue weighted by Gasteiger charge is -2.07. The zero-order valence-electron chi connectivity index (χ0n) is 39.3. The van der Waals surface area contributed by atoms with Crippen LogP contribution in [0.5, 0.6) is 0 Å². The number of pyridine rings is 5. The van der Waals surface area contributed by atoms with Gasteiger partial charge in [-0.05, 0) is 122 Å². The predicted octanol–water partition coefficient (Wildman–Crippen LogP) is 18.2. The number of halogens is 8. The van der Waals surface area contributed by atoms with Crippen LogP contribution in [0.1, 0.15) is 76.1 Å². The van der Waals surface area contributed by atoms with Gasteiger partial charge in [0.2, 0.25) is 0 Å². The largest absolute Gasteiger partial charge is 0.416 e. The fourth-order valence-electron chi connectivity index (χ4n) is 7.30. The highest BCUT2D eigenvalue weighted by atomic mass is 79.9. The molecule has 0 radical (unpaired) electrons. The van der Waals surface area contributed by atoms with Crippen LogP contribution < -0.4 is 0 Å². The number of benzene rings is 5. The number of rotatable bonds is 6. The molecule has 13 heteroatoms. The van der Waals surface area contributed by atoms with Crippen molar-refractivity contribution in [1.82, 2.24) is 24.9 Å². The van der Waals surface area contributed by atoms with Gasteiger partial charge in [-0.1, -0.05) is 124 Å². The number of fused-ring (bicyclic) bond motifs is 5. The van der Waals surface area contributed by atoms with E-state index in [-0.39, 0.29) is 0 Å². The molecular formula is C57H51Br2Cl3F3N5. The Hall–Kier alpha value is -5.23. The molecule has 0 aliphatic carbocycles. The highest BCUT2D eigenvalue weighted by Crippen LogP contribution is 2.31. The maximum atomic E-state index is 12.4. The van der Waals surface area contributed by atoms with Crippen LogP contribution in [-0.2, 0) is 34.5 Å². The van der Waals surface area contributed by atoms with Crippen molar-refractivity contribution in [2.24, 2.45) is 0 Å². The predicted molar refractivity (Wildman–Crippen MR) is 296 cm³/mol. The first-order valence-corrected chi connectivity index (χ1v) is 26.2. The third-order valence-electron chi connectivity index (χ3n) is 11.1. The molecule has 0 bridgehead atoms. The maximum Gasteiger partial charge on any atom is 0.416 e. The van der Waals surface area contributed by atoms with Gasteiger partial charge in [0, 0.05) is 37.6 Å². The molecule has 0 saturated heterocycles. The lowest BCUT2D eigenvalue weighted by Crippen LogP contribution is -2.04. The smallest absolute Gasteiger partial charge is 0.252 e. The standard InChI is InChI=1S/C13H14BrN.C11H7BrF3N.3C11H10ClN/c1-9(2)10-4-6-13-11(7-10)3-5-12(8-14)15-13;12-6-9-3-1-7-5-8(11(13,14)15)2-4-10(7)16-9;1-8-2-5-11-9(6-8)3-4-10(7-12)13-11;1-8-3-2-4-9-5-6-10(7-12)13-11(8)9;1-8-6-9(7-12)13-11-5-3-2-4-10(8)11/h3-7,9H,8H2,1-2H3;1-5H,6H2;3*2-6H,7H2,1H3. The van der Waals surface area contributed by atoms with Gasteiger partial charge in [0.05, 0.1) is 79.3 Å². The van der Waals surface area contributed by atoms with E-state index in [1.54, 1.807) is 12.1 Å². The van der Waals surface area contributed by atoms with Crippen LogP contribution in [0.4, 0.5) is 13.2 Å². The molecule has 0 fully saturated rings. The van der Waals surface area contributed by atoms with Gasteiger partial charge >= 0.3 is 6.18 Å². The summed E-state index contributed by atoms with van der Waals surface area (Å²) >= 11 is 23.8. The summed E-state index contributed by atoms with van der Waals surface area (Å²) in [6, 6.07) is 48.2. The third kappa shape index (κ3) is 14.9. The van der Waals surface area contributed by atoms with E-state index in [4.69, 9.17) is 34.8 Å². The number of alkyl halides is 8.